The zero-order chi connectivity index (χ0) is 25.0. The van der Waals surface area contributed by atoms with Crippen molar-refractivity contribution in [1.82, 2.24) is 10.0 Å². The monoisotopic (exact) mass is 495 g/mol. The summed E-state index contributed by atoms with van der Waals surface area (Å²) in [5, 5.41) is 5.29. The summed E-state index contributed by atoms with van der Waals surface area (Å²) in [6.07, 6.45) is 0. The van der Waals surface area contributed by atoms with Gasteiger partial charge in [0.1, 0.15) is 0 Å². The summed E-state index contributed by atoms with van der Waals surface area (Å²) in [6, 6.07) is 16.3. The molecule has 1 aliphatic rings. The van der Waals surface area contributed by atoms with E-state index in [-0.39, 0.29) is 36.2 Å². The molecule has 1 aliphatic heterocycles. The molecule has 0 bridgehead atoms. The summed E-state index contributed by atoms with van der Waals surface area (Å²) in [5.41, 5.74) is 3.47. The molecule has 4 rings (SSSR count). The van der Waals surface area contributed by atoms with Crippen LogP contribution in [0.2, 0.25) is 0 Å². The fourth-order valence-corrected chi connectivity index (χ4v) is 4.52. The van der Waals surface area contributed by atoms with Gasteiger partial charge in [0.15, 0.2) is 11.5 Å². The molecule has 3 N–H and O–H groups in total. The number of aryl methyl sites for hydroxylation is 1. The lowest BCUT2D eigenvalue weighted by Gasteiger charge is -2.11. The molecule has 35 heavy (non-hydrogen) atoms. The third kappa shape index (κ3) is 5.79. The minimum Gasteiger partial charge on any atom is -0.454 e. The average Bonchev–Trinajstić information content (AvgIpc) is 3.32. The number of nitrogens with one attached hydrogen (secondary N) is 3. The number of ether oxygens (including phenoxy) is 2. The van der Waals surface area contributed by atoms with Crippen LogP contribution in [0.1, 0.15) is 27.0 Å². The SMILES string of the molecule is Cc1cccc(NC(=O)CNC(=O)c2cccc(S(=O)(=O)NCc3ccc4c(c3)OCO4)c2)c1C. The van der Waals surface area contributed by atoms with E-state index in [9.17, 15) is 18.0 Å². The van der Waals surface area contributed by atoms with Crippen molar-refractivity contribution >= 4 is 27.5 Å². The predicted molar refractivity (Wildman–Crippen MR) is 130 cm³/mol. The lowest BCUT2D eigenvalue weighted by atomic mass is 10.1. The second-order valence-corrected chi connectivity index (χ2v) is 9.79. The van der Waals surface area contributed by atoms with Gasteiger partial charge in [0, 0.05) is 17.8 Å². The predicted octanol–water partition coefficient (Wildman–Crippen LogP) is 2.88. The summed E-state index contributed by atoms with van der Waals surface area (Å²) in [5.74, 6) is 0.218. The number of amides is 2. The van der Waals surface area contributed by atoms with Crippen LogP contribution < -0.4 is 24.8 Å². The summed E-state index contributed by atoms with van der Waals surface area (Å²) >= 11 is 0. The van der Waals surface area contributed by atoms with Crippen LogP contribution in [0.15, 0.2) is 65.6 Å². The van der Waals surface area contributed by atoms with E-state index < -0.39 is 15.9 Å². The van der Waals surface area contributed by atoms with Crippen LogP contribution in [0.4, 0.5) is 5.69 Å². The number of carbonyl (C=O) groups is 2. The van der Waals surface area contributed by atoms with Crippen molar-refractivity contribution in [1.29, 1.82) is 0 Å². The number of benzene rings is 3. The average molecular weight is 496 g/mol. The highest BCUT2D eigenvalue weighted by molar-refractivity contribution is 7.89. The Hall–Kier alpha value is -3.89. The van der Waals surface area contributed by atoms with Crippen LogP contribution >= 0.6 is 0 Å². The molecule has 1 heterocycles. The number of fused-ring (bicyclic) bond motifs is 1. The number of carbonyl (C=O) groups excluding carboxylic acids is 2. The molecule has 2 amide bonds. The first kappa shape index (κ1) is 24.2. The quantitative estimate of drug-likeness (QED) is 0.442. The Kier molecular flexibility index (Phi) is 7.04. The minimum atomic E-state index is -3.89. The Balaban J connectivity index is 1.36. The van der Waals surface area contributed by atoms with E-state index >= 15 is 0 Å². The Morgan fingerprint density at radius 3 is 2.54 bits per heavy atom. The molecule has 0 aromatic heterocycles. The summed E-state index contributed by atoms with van der Waals surface area (Å²) in [4.78, 5) is 24.8. The molecular formula is C25H25N3O6S. The standard InChI is InChI=1S/C25H25N3O6S/c1-16-5-3-8-21(17(16)2)28-24(29)14-26-25(30)19-6-4-7-20(12-19)35(31,32)27-13-18-9-10-22-23(11-18)34-15-33-22/h3-12,27H,13-15H2,1-2H3,(H,26,30)(H,28,29). The van der Waals surface area contributed by atoms with Gasteiger partial charge in [-0.2, -0.15) is 0 Å². The molecule has 3 aromatic carbocycles. The normalized spacial score (nSPS) is 12.3. The number of sulfonamides is 1. The maximum absolute atomic E-state index is 12.8. The third-order valence-corrected chi connectivity index (χ3v) is 7.00. The van der Waals surface area contributed by atoms with Gasteiger partial charge >= 0.3 is 0 Å². The van der Waals surface area contributed by atoms with Crippen LogP contribution in [0.5, 0.6) is 11.5 Å². The van der Waals surface area contributed by atoms with Gasteiger partial charge in [0.05, 0.1) is 11.4 Å². The third-order valence-electron chi connectivity index (χ3n) is 5.60. The van der Waals surface area contributed by atoms with Crippen molar-refractivity contribution in [3.8, 4) is 11.5 Å². The molecule has 0 saturated carbocycles. The van der Waals surface area contributed by atoms with E-state index in [2.05, 4.69) is 15.4 Å². The Bertz CT molecular complexity index is 1390. The van der Waals surface area contributed by atoms with Crippen LogP contribution in [-0.2, 0) is 21.4 Å². The van der Waals surface area contributed by atoms with E-state index in [1.54, 1.807) is 24.3 Å². The summed E-state index contributed by atoms with van der Waals surface area (Å²) in [6.45, 7) is 3.75. The molecule has 0 fully saturated rings. The molecule has 0 aliphatic carbocycles. The highest BCUT2D eigenvalue weighted by atomic mass is 32.2. The fraction of sp³-hybridized carbons (Fsp3) is 0.200. The van der Waals surface area contributed by atoms with Crippen LogP contribution in [0.25, 0.3) is 0 Å². The second-order valence-electron chi connectivity index (χ2n) is 8.02. The van der Waals surface area contributed by atoms with E-state index in [0.29, 0.717) is 22.7 Å². The van der Waals surface area contributed by atoms with E-state index in [1.165, 1.54) is 24.3 Å². The number of hydrogen-bond acceptors (Lipinski definition) is 6. The number of anilines is 1. The first-order valence-electron chi connectivity index (χ1n) is 10.9. The van der Waals surface area contributed by atoms with Crippen molar-refractivity contribution in [2.24, 2.45) is 0 Å². The molecule has 0 spiro atoms. The highest BCUT2D eigenvalue weighted by Gasteiger charge is 2.18. The Labute approximate surface area is 203 Å². The van der Waals surface area contributed by atoms with Gasteiger partial charge in [-0.15, -0.1) is 0 Å². The van der Waals surface area contributed by atoms with Gasteiger partial charge < -0.3 is 20.1 Å². The van der Waals surface area contributed by atoms with Gasteiger partial charge in [0.2, 0.25) is 22.7 Å². The number of hydrogen-bond donors (Lipinski definition) is 3. The molecule has 9 nitrogen and oxygen atoms in total. The first-order valence-corrected chi connectivity index (χ1v) is 12.3. The molecule has 3 aromatic rings. The molecule has 0 unspecified atom stereocenters. The Morgan fingerprint density at radius 1 is 0.943 bits per heavy atom. The summed E-state index contributed by atoms with van der Waals surface area (Å²) < 4.78 is 38.6. The largest absolute Gasteiger partial charge is 0.454 e. The topological polar surface area (TPSA) is 123 Å². The lowest BCUT2D eigenvalue weighted by Crippen LogP contribution is -2.33. The van der Waals surface area contributed by atoms with Crippen molar-refractivity contribution in [2.45, 2.75) is 25.3 Å². The van der Waals surface area contributed by atoms with Crippen LogP contribution in [-0.4, -0.2) is 33.6 Å². The fourth-order valence-electron chi connectivity index (χ4n) is 3.46. The smallest absolute Gasteiger partial charge is 0.251 e. The molecule has 182 valence electrons. The minimum absolute atomic E-state index is 0.0357. The molecule has 0 radical (unpaired) electrons. The van der Waals surface area contributed by atoms with Gasteiger partial charge in [-0.05, 0) is 66.9 Å². The van der Waals surface area contributed by atoms with Gasteiger partial charge in [-0.3, -0.25) is 9.59 Å². The highest BCUT2D eigenvalue weighted by Crippen LogP contribution is 2.32. The van der Waals surface area contributed by atoms with Crippen molar-refractivity contribution < 1.29 is 27.5 Å². The van der Waals surface area contributed by atoms with E-state index in [0.717, 1.165) is 11.1 Å². The van der Waals surface area contributed by atoms with E-state index in [1.807, 2.05) is 26.0 Å². The molecular weight excluding hydrogens is 470 g/mol. The van der Waals surface area contributed by atoms with Crippen LogP contribution in [0.3, 0.4) is 0 Å². The molecule has 0 atom stereocenters. The molecule has 0 saturated heterocycles. The molecule has 10 heteroatoms. The zero-order valence-electron chi connectivity index (χ0n) is 19.3. The lowest BCUT2D eigenvalue weighted by molar-refractivity contribution is -0.115. The van der Waals surface area contributed by atoms with E-state index in [4.69, 9.17) is 9.47 Å². The summed E-state index contributed by atoms with van der Waals surface area (Å²) in [7, 11) is -3.89. The second kappa shape index (κ2) is 10.2. The van der Waals surface area contributed by atoms with Crippen molar-refractivity contribution in [2.75, 3.05) is 18.7 Å². The zero-order valence-corrected chi connectivity index (χ0v) is 20.1. The van der Waals surface area contributed by atoms with Gasteiger partial charge in [0.25, 0.3) is 5.91 Å². The maximum atomic E-state index is 12.8. The number of rotatable bonds is 8. The maximum Gasteiger partial charge on any atom is 0.251 e. The first-order chi connectivity index (χ1) is 16.7. The Morgan fingerprint density at radius 2 is 1.71 bits per heavy atom. The van der Waals surface area contributed by atoms with Gasteiger partial charge in [-0.1, -0.05) is 24.3 Å². The van der Waals surface area contributed by atoms with Crippen molar-refractivity contribution in [3.63, 3.8) is 0 Å². The van der Waals surface area contributed by atoms with Crippen molar-refractivity contribution in [3.05, 3.63) is 82.9 Å². The van der Waals surface area contributed by atoms with Crippen LogP contribution in [0, 0.1) is 13.8 Å². The van der Waals surface area contributed by atoms with Gasteiger partial charge in [-0.25, -0.2) is 13.1 Å².